The van der Waals surface area contributed by atoms with Crippen molar-refractivity contribution in [1.82, 2.24) is 0 Å². The van der Waals surface area contributed by atoms with Gasteiger partial charge in [0.2, 0.25) is 0 Å². The van der Waals surface area contributed by atoms with Gasteiger partial charge in [-0.05, 0) is 0 Å². The van der Waals surface area contributed by atoms with Crippen LogP contribution in [0.2, 0.25) is 0 Å². The SMILES string of the molecule is CC1=NN=NI1C(=N)c1cccc(C)c1. The number of hydrogen-bond acceptors (Lipinski definition) is 4. The molecular formula is C10H11IN4. The molecule has 0 saturated carbocycles. The van der Waals surface area contributed by atoms with Crippen molar-refractivity contribution in [2.45, 2.75) is 13.8 Å². The molecule has 2 rings (SSSR count). The summed E-state index contributed by atoms with van der Waals surface area (Å²) in [7, 11) is 0. The summed E-state index contributed by atoms with van der Waals surface area (Å²) in [5.74, 6) is 0. The van der Waals surface area contributed by atoms with Crippen LogP contribution in [-0.2, 0) is 0 Å². The van der Waals surface area contributed by atoms with Gasteiger partial charge in [-0.2, -0.15) is 0 Å². The number of nitrogens with zero attached hydrogens (tertiary/aromatic N) is 3. The van der Waals surface area contributed by atoms with E-state index in [2.05, 4.69) is 13.7 Å². The van der Waals surface area contributed by atoms with E-state index in [9.17, 15) is 0 Å². The molecule has 0 fully saturated rings. The Labute approximate surface area is 95.7 Å². The van der Waals surface area contributed by atoms with Crippen LogP contribution < -0.4 is 0 Å². The minimum absolute atomic E-state index is 0.616. The molecule has 4 nitrogen and oxygen atoms in total. The van der Waals surface area contributed by atoms with Crippen molar-refractivity contribution in [3.63, 3.8) is 0 Å². The fourth-order valence-electron chi connectivity index (χ4n) is 1.26. The Balaban J connectivity index is 2.29. The van der Waals surface area contributed by atoms with E-state index in [1.807, 2.05) is 38.1 Å². The number of nitrogens with one attached hydrogen (secondary N) is 1. The number of halogens is 1. The van der Waals surface area contributed by atoms with Crippen molar-refractivity contribution < 1.29 is 0 Å². The maximum absolute atomic E-state index is 8.09. The van der Waals surface area contributed by atoms with Crippen LogP contribution in [0.1, 0.15) is 18.1 Å². The van der Waals surface area contributed by atoms with Crippen LogP contribution in [-0.4, -0.2) is 7.44 Å². The van der Waals surface area contributed by atoms with Gasteiger partial charge in [0.05, 0.1) is 0 Å². The molecule has 0 atom stereocenters. The Morgan fingerprint density at radius 2 is 2.13 bits per heavy atom. The Kier molecular flexibility index (Phi) is 2.90. The van der Waals surface area contributed by atoms with Crippen molar-refractivity contribution in [2.24, 2.45) is 13.7 Å². The molecular weight excluding hydrogens is 303 g/mol. The van der Waals surface area contributed by atoms with Crippen molar-refractivity contribution in [1.29, 1.82) is 5.41 Å². The number of hydrogen-bond donors (Lipinski definition) is 1. The zero-order valence-corrected chi connectivity index (χ0v) is 10.7. The summed E-state index contributed by atoms with van der Waals surface area (Å²) >= 11 is -1.91. The van der Waals surface area contributed by atoms with E-state index >= 15 is 0 Å². The fraction of sp³-hybridized carbons (Fsp3) is 0.200. The summed E-state index contributed by atoms with van der Waals surface area (Å²) < 4.78 is 5.63. The first kappa shape index (κ1) is 10.4. The molecule has 5 heteroatoms. The van der Waals surface area contributed by atoms with Crippen LogP contribution in [0.25, 0.3) is 0 Å². The molecule has 0 amide bonds. The standard InChI is InChI=1S/C10H11IN4/c1-7-4-3-5-9(6-7)10(12)11-8(2)13-15-14-11/h3-6,12H,1-2H3. The molecule has 1 heterocycles. The number of benzene rings is 1. The molecule has 1 aliphatic rings. The van der Waals surface area contributed by atoms with Gasteiger partial charge >= 0.3 is 95.8 Å². The third kappa shape index (κ3) is 2.11. The summed E-state index contributed by atoms with van der Waals surface area (Å²) in [6.45, 7) is 3.94. The van der Waals surface area contributed by atoms with Crippen molar-refractivity contribution in [3.8, 4) is 0 Å². The van der Waals surface area contributed by atoms with Gasteiger partial charge in [0.15, 0.2) is 0 Å². The van der Waals surface area contributed by atoms with Crippen LogP contribution in [0.5, 0.6) is 0 Å². The molecule has 15 heavy (non-hydrogen) atoms. The first-order valence-electron chi connectivity index (χ1n) is 4.49. The Morgan fingerprint density at radius 1 is 1.33 bits per heavy atom. The Hall–Kier alpha value is -1.11. The van der Waals surface area contributed by atoms with E-state index in [-0.39, 0.29) is 0 Å². The quantitative estimate of drug-likeness (QED) is 0.641. The zero-order valence-electron chi connectivity index (χ0n) is 8.53. The van der Waals surface area contributed by atoms with E-state index < -0.39 is 20.1 Å². The Bertz CT molecular complexity index is 464. The van der Waals surface area contributed by atoms with E-state index in [4.69, 9.17) is 5.41 Å². The third-order valence-electron chi connectivity index (χ3n) is 2.00. The zero-order chi connectivity index (χ0) is 10.8. The first-order chi connectivity index (χ1) is 7.18. The first-order valence-corrected chi connectivity index (χ1v) is 7.61. The van der Waals surface area contributed by atoms with Crippen LogP contribution in [0.15, 0.2) is 37.9 Å². The normalized spacial score (nSPS) is 16.7. The molecule has 0 aliphatic carbocycles. The van der Waals surface area contributed by atoms with Gasteiger partial charge in [-0.3, -0.25) is 0 Å². The molecule has 0 unspecified atom stereocenters. The molecule has 78 valence electrons. The van der Waals surface area contributed by atoms with Gasteiger partial charge in [-0.15, -0.1) is 0 Å². The topological polar surface area (TPSA) is 60.9 Å². The molecule has 1 aliphatic heterocycles. The van der Waals surface area contributed by atoms with Crippen molar-refractivity contribution in [3.05, 3.63) is 35.4 Å². The predicted molar refractivity (Wildman–Crippen MR) is 70.0 cm³/mol. The second kappa shape index (κ2) is 4.18. The fourth-order valence-corrected chi connectivity index (χ4v) is 4.09. The third-order valence-corrected chi connectivity index (χ3v) is 5.97. The summed E-state index contributed by atoms with van der Waals surface area (Å²) in [6.07, 6.45) is 0. The van der Waals surface area contributed by atoms with Gasteiger partial charge in [0, 0.05) is 0 Å². The minimum atomic E-state index is -1.91. The summed E-state index contributed by atoms with van der Waals surface area (Å²) in [5, 5.41) is 15.6. The Morgan fingerprint density at radius 3 is 2.73 bits per heavy atom. The molecule has 0 saturated heterocycles. The van der Waals surface area contributed by atoms with Gasteiger partial charge in [-0.25, -0.2) is 0 Å². The summed E-state index contributed by atoms with van der Waals surface area (Å²) in [6, 6.07) is 7.96. The van der Waals surface area contributed by atoms with Gasteiger partial charge in [0.25, 0.3) is 0 Å². The maximum atomic E-state index is 8.09. The second-order valence-electron chi connectivity index (χ2n) is 3.21. The van der Waals surface area contributed by atoms with Crippen LogP contribution >= 0.6 is 20.1 Å². The van der Waals surface area contributed by atoms with Gasteiger partial charge in [0.1, 0.15) is 0 Å². The molecule has 1 N–H and O–H groups in total. The molecule has 0 bridgehead atoms. The predicted octanol–water partition coefficient (Wildman–Crippen LogP) is 3.54. The molecule has 1 aromatic carbocycles. The van der Waals surface area contributed by atoms with E-state index in [0.717, 1.165) is 9.28 Å². The molecule has 1 aromatic rings. The summed E-state index contributed by atoms with van der Waals surface area (Å²) in [4.78, 5) is 0. The molecule has 0 aromatic heterocycles. The molecule has 0 spiro atoms. The van der Waals surface area contributed by atoms with Gasteiger partial charge in [-0.1, -0.05) is 0 Å². The van der Waals surface area contributed by atoms with Crippen molar-refractivity contribution in [2.75, 3.05) is 0 Å². The van der Waals surface area contributed by atoms with E-state index in [0.29, 0.717) is 3.72 Å². The number of rotatable bonds is 2. The monoisotopic (exact) mass is 314 g/mol. The average molecular weight is 314 g/mol. The van der Waals surface area contributed by atoms with Crippen molar-refractivity contribution >= 4 is 27.5 Å². The van der Waals surface area contributed by atoms with E-state index in [1.165, 1.54) is 5.56 Å². The van der Waals surface area contributed by atoms with Gasteiger partial charge < -0.3 is 0 Å². The van der Waals surface area contributed by atoms with Crippen LogP contribution in [0.4, 0.5) is 0 Å². The van der Waals surface area contributed by atoms with Crippen LogP contribution in [0.3, 0.4) is 0 Å². The second-order valence-corrected chi connectivity index (χ2v) is 7.78. The van der Waals surface area contributed by atoms with E-state index in [1.54, 1.807) is 0 Å². The molecule has 0 radical (unpaired) electrons. The number of aryl methyl sites for hydroxylation is 1. The average Bonchev–Trinajstić information content (AvgIpc) is 2.63. The summed E-state index contributed by atoms with van der Waals surface area (Å²) in [5.41, 5.74) is 2.12. The van der Waals surface area contributed by atoms with Crippen LogP contribution in [0, 0.1) is 12.3 Å².